The molecule has 0 amide bonds. The molecular weight excluding hydrogens is 146 g/mol. The van der Waals surface area contributed by atoms with E-state index in [1.807, 2.05) is 0 Å². The van der Waals surface area contributed by atoms with Gasteiger partial charge in [-0.25, -0.2) is 0 Å². The summed E-state index contributed by atoms with van der Waals surface area (Å²) >= 11 is 0. The Morgan fingerprint density at radius 3 is 2.33 bits per heavy atom. The van der Waals surface area contributed by atoms with Gasteiger partial charge >= 0.3 is 0 Å². The van der Waals surface area contributed by atoms with Gasteiger partial charge in [0, 0.05) is 0 Å². The van der Waals surface area contributed by atoms with Crippen molar-refractivity contribution in [2.75, 3.05) is 13.1 Å². The Bertz CT molecular complexity index is 79.1. The minimum atomic E-state index is 0.841. The third-order valence-corrected chi connectivity index (χ3v) is 2.11. The average Bonchev–Trinajstić information content (AvgIpc) is 2.02. The molecule has 0 saturated heterocycles. The summed E-state index contributed by atoms with van der Waals surface area (Å²) in [5.41, 5.74) is 0. The molecule has 0 heterocycles. The van der Waals surface area contributed by atoms with Crippen molar-refractivity contribution in [1.82, 2.24) is 5.32 Å². The minimum Gasteiger partial charge on any atom is -0.317 e. The molecule has 0 fully saturated rings. The Morgan fingerprint density at radius 2 is 1.75 bits per heavy atom. The predicted octanol–water partition coefficient (Wildman–Crippen LogP) is 3.20. The van der Waals surface area contributed by atoms with Crippen LogP contribution in [0.15, 0.2) is 0 Å². The van der Waals surface area contributed by atoms with Crippen LogP contribution in [0, 0.1) is 5.92 Å². The highest BCUT2D eigenvalue weighted by Gasteiger charge is 1.92. The Labute approximate surface area is 77.9 Å². The molecule has 0 radical (unpaired) electrons. The summed E-state index contributed by atoms with van der Waals surface area (Å²) in [5, 5.41) is 3.48. The van der Waals surface area contributed by atoms with Gasteiger partial charge in [-0.05, 0) is 31.8 Å². The third kappa shape index (κ3) is 9.96. The summed E-state index contributed by atoms with van der Waals surface area (Å²) in [6, 6.07) is 0. The van der Waals surface area contributed by atoms with Crippen LogP contribution in [0.1, 0.15) is 52.9 Å². The lowest BCUT2D eigenvalue weighted by molar-refractivity contribution is 0.523. The summed E-state index contributed by atoms with van der Waals surface area (Å²) in [6.07, 6.45) is 6.79. The minimum absolute atomic E-state index is 0.841. The SMILES string of the molecule is CCCCCCNCCC(C)C. The standard InChI is InChI=1S/C11H25N/c1-4-5-6-7-9-12-10-8-11(2)3/h11-12H,4-10H2,1-3H3. The van der Waals surface area contributed by atoms with Crippen molar-refractivity contribution in [2.24, 2.45) is 5.92 Å². The zero-order chi connectivity index (χ0) is 9.23. The van der Waals surface area contributed by atoms with Gasteiger partial charge < -0.3 is 5.32 Å². The van der Waals surface area contributed by atoms with Crippen LogP contribution in [0.5, 0.6) is 0 Å². The summed E-state index contributed by atoms with van der Waals surface area (Å²) in [5.74, 6) is 0.841. The van der Waals surface area contributed by atoms with Gasteiger partial charge in [0.05, 0.1) is 0 Å². The van der Waals surface area contributed by atoms with E-state index >= 15 is 0 Å². The van der Waals surface area contributed by atoms with E-state index in [1.165, 1.54) is 45.2 Å². The molecule has 0 aromatic heterocycles. The van der Waals surface area contributed by atoms with E-state index in [0.29, 0.717) is 0 Å². The molecule has 0 bridgehead atoms. The zero-order valence-electron chi connectivity index (χ0n) is 9.03. The lowest BCUT2D eigenvalue weighted by atomic mass is 10.1. The van der Waals surface area contributed by atoms with Crippen LogP contribution in [0.2, 0.25) is 0 Å². The van der Waals surface area contributed by atoms with Crippen molar-refractivity contribution in [3.63, 3.8) is 0 Å². The first kappa shape index (κ1) is 12.0. The Kier molecular flexibility index (Phi) is 9.02. The van der Waals surface area contributed by atoms with Gasteiger partial charge in [0.1, 0.15) is 0 Å². The van der Waals surface area contributed by atoms with Crippen LogP contribution >= 0.6 is 0 Å². The Morgan fingerprint density at radius 1 is 1.00 bits per heavy atom. The molecule has 0 aromatic rings. The third-order valence-electron chi connectivity index (χ3n) is 2.11. The first-order chi connectivity index (χ1) is 5.77. The molecule has 0 rings (SSSR count). The predicted molar refractivity (Wildman–Crippen MR) is 56.5 cm³/mol. The second-order valence-corrected chi connectivity index (χ2v) is 3.99. The molecule has 0 aromatic carbocycles. The number of hydrogen-bond donors (Lipinski definition) is 1. The molecule has 0 aliphatic carbocycles. The zero-order valence-corrected chi connectivity index (χ0v) is 9.03. The first-order valence-corrected chi connectivity index (χ1v) is 5.48. The van der Waals surface area contributed by atoms with Gasteiger partial charge in [-0.15, -0.1) is 0 Å². The quantitative estimate of drug-likeness (QED) is 0.553. The van der Waals surface area contributed by atoms with Gasteiger partial charge in [0.2, 0.25) is 0 Å². The van der Waals surface area contributed by atoms with E-state index in [4.69, 9.17) is 0 Å². The van der Waals surface area contributed by atoms with E-state index in [2.05, 4.69) is 26.1 Å². The topological polar surface area (TPSA) is 12.0 Å². The Balaban J connectivity index is 2.82. The van der Waals surface area contributed by atoms with E-state index in [-0.39, 0.29) is 0 Å². The van der Waals surface area contributed by atoms with Crippen molar-refractivity contribution in [1.29, 1.82) is 0 Å². The van der Waals surface area contributed by atoms with Crippen LogP contribution in [-0.4, -0.2) is 13.1 Å². The summed E-state index contributed by atoms with van der Waals surface area (Å²) in [7, 11) is 0. The van der Waals surface area contributed by atoms with Crippen LogP contribution < -0.4 is 5.32 Å². The number of nitrogens with one attached hydrogen (secondary N) is 1. The highest BCUT2D eigenvalue weighted by atomic mass is 14.8. The lowest BCUT2D eigenvalue weighted by Gasteiger charge is -2.06. The highest BCUT2D eigenvalue weighted by molar-refractivity contribution is 4.51. The summed E-state index contributed by atoms with van der Waals surface area (Å²) in [4.78, 5) is 0. The van der Waals surface area contributed by atoms with E-state index < -0.39 is 0 Å². The maximum atomic E-state index is 3.48. The molecule has 12 heavy (non-hydrogen) atoms. The molecule has 1 heteroatoms. The fourth-order valence-electron chi connectivity index (χ4n) is 1.19. The normalized spacial score (nSPS) is 11.0. The van der Waals surface area contributed by atoms with E-state index in [0.717, 1.165) is 5.92 Å². The highest BCUT2D eigenvalue weighted by Crippen LogP contribution is 1.98. The molecule has 0 saturated carbocycles. The van der Waals surface area contributed by atoms with Gasteiger partial charge in [-0.3, -0.25) is 0 Å². The van der Waals surface area contributed by atoms with Crippen LogP contribution in [0.3, 0.4) is 0 Å². The fourth-order valence-corrected chi connectivity index (χ4v) is 1.19. The van der Waals surface area contributed by atoms with Crippen LogP contribution in [0.4, 0.5) is 0 Å². The summed E-state index contributed by atoms with van der Waals surface area (Å²) < 4.78 is 0. The molecule has 0 spiro atoms. The van der Waals surface area contributed by atoms with Crippen molar-refractivity contribution in [3.8, 4) is 0 Å². The van der Waals surface area contributed by atoms with Crippen molar-refractivity contribution >= 4 is 0 Å². The Hall–Kier alpha value is -0.0400. The maximum absolute atomic E-state index is 3.48. The fraction of sp³-hybridized carbons (Fsp3) is 1.00. The number of hydrogen-bond acceptors (Lipinski definition) is 1. The number of rotatable bonds is 8. The van der Waals surface area contributed by atoms with Gasteiger partial charge in [0.25, 0.3) is 0 Å². The molecule has 0 unspecified atom stereocenters. The van der Waals surface area contributed by atoms with Gasteiger partial charge in [-0.2, -0.15) is 0 Å². The molecule has 0 aliphatic rings. The van der Waals surface area contributed by atoms with Crippen molar-refractivity contribution < 1.29 is 0 Å². The van der Waals surface area contributed by atoms with E-state index in [9.17, 15) is 0 Å². The molecule has 1 nitrogen and oxygen atoms in total. The van der Waals surface area contributed by atoms with Crippen molar-refractivity contribution in [2.45, 2.75) is 52.9 Å². The first-order valence-electron chi connectivity index (χ1n) is 5.48. The average molecular weight is 171 g/mol. The van der Waals surface area contributed by atoms with Gasteiger partial charge in [0.15, 0.2) is 0 Å². The molecule has 0 atom stereocenters. The van der Waals surface area contributed by atoms with E-state index in [1.54, 1.807) is 0 Å². The van der Waals surface area contributed by atoms with Crippen molar-refractivity contribution in [3.05, 3.63) is 0 Å². The molecule has 74 valence electrons. The molecule has 0 aliphatic heterocycles. The summed E-state index contributed by atoms with van der Waals surface area (Å²) in [6.45, 7) is 9.22. The monoisotopic (exact) mass is 171 g/mol. The molecular formula is C11H25N. The largest absolute Gasteiger partial charge is 0.317 e. The lowest BCUT2D eigenvalue weighted by Crippen LogP contribution is -2.17. The second kappa shape index (κ2) is 9.05. The van der Waals surface area contributed by atoms with Gasteiger partial charge in [-0.1, -0.05) is 40.0 Å². The second-order valence-electron chi connectivity index (χ2n) is 3.99. The smallest absolute Gasteiger partial charge is 0.00465 e. The van der Waals surface area contributed by atoms with Crippen LogP contribution in [0.25, 0.3) is 0 Å². The maximum Gasteiger partial charge on any atom is -0.00465 e. The molecule has 1 N–H and O–H groups in total. The number of unbranched alkanes of at least 4 members (excludes halogenated alkanes) is 3. The van der Waals surface area contributed by atoms with Crippen LogP contribution in [-0.2, 0) is 0 Å².